The molecule has 0 aromatic heterocycles. The number of benzene rings is 1. The van der Waals surface area contributed by atoms with Crippen LogP contribution in [0.5, 0.6) is 11.5 Å². The summed E-state index contributed by atoms with van der Waals surface area (Å²) in [5.74, 6) is 0.940. The van der Waals surface area contributed by atoms with Gasteiger partial charge in [-0.1, -0.05) is 6.07 Å². The average Bonchev–Trinajstić information content (AvgIpc) is 2.89. The molecule has 6 nitrogen and oxygen atoms in total. The van der Waals surface area contributed by atoms with Crippen molar-refractivity contribution in [2.24, 2.45) is 0 Å². The largest absolute Gasteiger partial charge is 0.454 e. The first kappa shape index (κ1) is 12.8. The predicted octanol–water partition coefficient (Wildman–Crippen LogP) is 0.658. The van der Waals surface area contributed by atoms with Crippen LogP contribution in [-0.2, 0) is 11.3 Å². The van der Waals surface area contributed by atoms with E-state index in [9.17, 15) is 4.79 Å². The number of nitrogens with one attached hydrogen (secondary N) is 2. The molecule has 0 saturated heterocycles. The molecule has 19 heavy (non-hydrogen) atoms. The van der Waals surface area contributed by atoms with Gasteiger partial charge in [0.25, 0.3) is 5.91 Å². The lowest BCUT2D eigenvalue weighted by atomic mass is 10.2. The monoisotopic (exact) mass is 259 g/mol. The number of nitrogens with zero attached hydrogens (tertiary/aromatic N) is 1. The molecule has 1 aliphatic rings. The highest BCUT2D eigenvalue weighted by Crippen LogP contribution is 2.32. The number of fused-ring (bicyclic) bond motifs is 1. The topological polar surface area (TPSA) is 83.4 Å². The molecule has 0 bridgehead atoms. The van der Waals surface area contributed by atoms with E-state index >= 15 is 0 Å². The van der Waals surface area contributed by atoms with Gasteiger partial charge < -0.3 is 20.1 Å². The molecule has 2 N–H and O–H groups in total. The Bertz CT molecular complexity index is 561. The van der Waals surface area contributed by atoms with Crippen molar-refractivity contribution >= 4 is 5.91 Å². The van der Waals surface area contributed by atoms with Gasteiger partial charge in [-0.3, -0.25) is 4.79 Å². The number of nitriles is 1. The summed E-state index contributed by atoms with van der Waals surface area (Å²) in [7, 11) is 1.63. The van der Waals surface area contributed by atoms with E-state index in [1.54, 1.807) is 19.2 Å². The molecule has 1 aromatic rings. The van der Waals surface area contributed by atoms with E-state index in [2.05, 4.69) is 10.6 Å². The molecule has 2 rings (SSSR count). The fourth-order valence-electron chi connectivity index (χ4n) is 1.62. The van der Waals surface area contributed by atoms with E-state index < -0.39 is 5.91 Å². The van der Waals surface area contributed by atoms with Crippen LogP contribution in [0.1, 0.15) is 5.56 Å². The summed E-state index contributed by atoms with van der Waals surface area (Å²) in [6.45, 7) is 0.535. The summed E-state index contributed by atoms with van der Waals surface area (Å²) in [4.78, 5) is 11.7. The Kier molecular flexibility index (Phi) is 3.88. The van der Waals surface area contributed by atoms with E-state index in [4.69, 9.17) is 14.7 Å². The minimum absolute atomic E-state index is 0.0308. The Morgan fingerprint density at radius 1 is 1.47 bits per heavy atom. The summed E-state index contributed by atoms with van der Waals surface area (Å²) >= 11 is 0. The van der Waals surface area contributed by atoms with Crippen LogP contribution in [0.3, 0.4) is 0 Å². The molecular formula is C13H13N3O3. The number of carbonyl (C=O) groups is 1. The first-order valence-electron chi connectivity index (χ1n) is 5.69. The molecule has 6 heteroatoms. The molecule has 1 aromatic carbocycles. The number of ether oxygens (including phenoxy) is 2. The second-order valence-electron chi connectivity index (χ2n) is 3.83. The normalized spacial score (nSPS) is 12.7. The van der Waals surface area contributed by atoms with Gasteiger partial charge in [-0.05, 0) is 17.7 Å². The van der Waals surface area contributed by atoms with Gasteiger partial charge in [0.05, 0.1) is 0 Å². The first-order valence-corrected chi connectivity index (χ1v) is 5.69. The minimum Gasteiger partial charge on any atom is -0.454 e. The maximum Gasteiger partial charge on any atom is 0.263 e. The van der Waals surface area contributed by atoms with Crippen molar-refractivity contribution in [3.05, 3.63) is 35.5 Å². The number of hydrogen-bond donors (Lipinski definition) is 2. The second-order valence-corrected chi connectivity index (χ2v) is 3.83. The zero-order valence-electron chi connectivity index (χ0n) is 10.4. The molecule has 98 valence electrons. The fourth-order valence-corrected chi connectivity index (χ4v) is 1.62. The van der Waals surface area contributed by atoms with Gasteiger partial charge in [0, 0.05) is 19.8 Å². The molecule has 0 radical (unpaired) electrons. The van der Waals surface area contributed by atoms with Gasteiger partial charge in [-0.15, -0.1) is 0 Å². The van der Waals surface area contributed by atoms with Crippen LogP contribution in [0, 0.1) is 11.3 Å². The van der Waals surface area contributed by atoms with E-state index in [-0.39, 0.29) is 12.4 Å². The standard InChI is InChI=1S/C13H13N3O3/c1-15-7-10(5-14)13(17)16-6-9-2-3-11-12(4-9)19-8-18-11/h2-4,7,15H,6,8H2,1H3,(H,16,17)/b10-7-. The smallest absolute Gasteiger partial charge is 0.263 e. The minimum atomic E-state index is -0.422. The van der Waals surface area contributed by atoms with Crippen LogP contribution in [0.4, 0.5) is 0 Å². The van der Waals surface area contributed by atoms with Crippen molar-refractivity contribution in [3.8, 4) is 17.6 Å². The van der Waals surface area contributed by atoms with Crippen molar-refractivity contribution < 1.29 is 14.3 Å². The van der Waals surface area contributed by atoms with Crippen LogP contribution in [0.2, 0.25) is 0 Å². The molecule has 1 amide bonds. The lowest BCUT2D eigenvalue weighted by Gasteiger charge is -2.05. The maximum atomic E-state index is 11.7. The zero-order chi connectivity index (χ0) is 13.7. The Morgan fingerprint density at radius 3 is 3.00 bits per heavy atom. The van der Waals surface area contributed by atoms with Gasteiger partial charge in [0.2, 0.25) is 6.79 Å². The summed E-state index contributed by atoms with van der Waals surface area (Å²) in [6.07, 6.45) is 1.36. The van der Waals surface area contributed by atoms with Gasteiger partial charge in [-0.25, -0.2) is 0 Å². The van der Waals surface area contributed by atoms with E-state index in [1.807, 2.05) is 12.1 Å². The summed E-state index contributed by atoms with van der Waals surface area (Å²) < 4.78 is 10.4. The Labute approximate surface area is 110 Å². The van der Waals surface area contributed by atoms with Crippen LogP contribution in [0.25, 0.3) is 0 Å². The van der Waals surface area contributed by atoms with Crippen molar-refractivity contribution in [2.75, 3.05) is 13.8 Å². The van der Waals surface area contributed by atoms with Crippen molar-refractivity contribution in [3.63, 3.8) is 0 Å². The van der Waals surface area contributed by atoms with E-state index in [1.165, 1.54) is 6.20 Å². The predicted molar refractivity (Wildman–Crippen MR) is 67.2 cm³/mol. The summed E-state index contributed by atoms with van der Waals surface area (Å²) in [5, 5.41) is 14.1. The van der Waals surface area contributed by atoms with Crippen LogP contribution < -0.4 is 20.1 Å². The quantitative estimate of drug-likeness (QED) is 0.613. The maximum absolute atomic E-state index is 11.7. The second kappa shape index (κ2) is 5.78. The number of amides is 1. The van der Waals surface area contributed by atoms with E-state index in [0.717, 1.165) is 5.56 Å². The van der Waals surface area contributed by atoms with Crippen molar-refractivity contribution in [1.29, 1.82) is 5.26 Å². The third-order valence-electron chi connectivity index (χ3n) is 2.54. The lowest BCUT2D eigenvalue weighted by molar-refractivity contribution is -0.117. The van der Waals surface area contributed by atoms with Gasteiger partial charge >= 0.3 is 0 Å². The SMILES string of the molecule is CN/C=C(/C#N)C(=O)NCc1ccc2c(c1)OCO2. The Balaban J connectivity index is 1.98. The molecule has 0 aliphatic carbocycles. The third kappa shape index (κ3) is 2.96. The molecule has 0 saturated carbocycles. The lowest BCUT2D eigenvalue weighted by Crippen LogP contribution is -2.24. The Hall–Kier alpha value is -2.68. The molecular weight excluding hydrogens is 246 g/mol. The molecule has 1 heterocycles. The highest BCUT2D eigenvalue weighted by Gasteiger charge is 2.14. The van der Waals surface area contributed by atoms with Crippen molar-refractivity contribution in [1.82, 2.24) is 10.6 Å². The van der Waals surface area contributed by atoms with Gasteiger partial charge in [-0.2, -0.15) is 5.26 Å². The molecule has 1 aliphatic heterocycles. The molecule has 0 spiro atoms. The van der Waals surface area contributed by atoms with Crippen LogP contribution >= 0.6 is 0 Å². The fraction of sp³-hybridized carbons (Fsp3) is 0.231. The summed E-state index contributed by atoms with van der Waals surface area (Å²) in [6, 6.07) is 7.25. The number of rotatable bonds is 4. The van der Waals surface area contributed by atoms with Crippen LogP contribution in [0.15, 0.2) is 30.0 Å². The first-order chi connectivity index (χ1) is 9.24. The van der Waals surface area contributed by atoms with Gasteiger partial charge in [0.15, 0.2) is 11.5 Å². The van der Waals surface area contributed by atoms with E-state index in [0.29, 0.717) is 18.0 Å². The highest BCUT2D eigenvalue weighted by molar-refractivity contribution is 5.97. The number of carbonyl (C=O) groups excluding carboxylic acids is 1. The zero-order valence-corrected chi connectivity index (χ0v) is 10.4. The highest BCUT2D eigenvalue weighted by atomic mass is 16.7. The average molecular weight is 259 g/mol. The van der Waals surface area contributed by atoms with Crippen LogP contribution in [-0.4, -0.2) is 19.7 Å². The molecule has 0 unspecified atom stereocenters. The molecule has 0 atom stereocenters. The summed E-state index contributed by atoms with van der Waals surface area (Å²) in [5.41, 5.74) is 0.905. The third-order valence-corrected chi connectivity index (χ3v) is 2.54. The van der Waals surface area contributed by atoms with Gasteiger partial charge in [0.1, 0.15) is 11.6 Å². The Morgan fingerprint density at radius 2 is 2.26 bits per heavy atom. The number of hydrogen-bond acceptors (Lipinski definition) is 5. The van der Waals surface area contributed by atoms with Crippen molar-refractivity contribution in [2.45, 2.75) is 6.54 Å². The molecule has 0 fully saturated rings.